The predicted octanol–water partition coefficient (Wildman–Crippen LogP) is 7.34. The third-order valence-corrected chi connectivity index (χ3v) is 6.34. The Labute approximate surface area is 227 Å². The first-order valence-corrected chi connectivity index (χ1v) is 12.5. The quantitative estimate of drug-likeness (QED) is 0.256. The number of carbonyl (C=O) groups excluding carboxylic acids is 1. The van der Waals surface area contributed by atoms with E-state index in [9.17, 15) is 23.2 Å². The van der Waals surface area contributed by atoms with Crippen LogP contribution in [0.2, 0.25) is 0 Å². The van der Waals surface area contributed by atoms with Gasteiger partial charge in [-0.2, -0.15) is 5.26 Å². The first-order chi connectivity index (χ1) is 19.1. The van der Waals surface area contributed by atoms with E-state index < -0.39 is 24.3 Å². The van der Waals surface area contributed by atoms with Crippen molar-refractivity contribution in [3.63, 3.8) is 0 Å². The van der Waals surface area contributed by atoms with E-state index in [0.29, 0.717) is 33.5 Å². The minimum atomic E-state index is -5.03. The highest BCUT2D eigenvalue weighted by Crippen LogP contribution is 2.45. The summed E-state index contributed by atoms with van der Waals surface area (Å²) >= 11 is 0. The Morgan fingerprint density at radius 1 is 1.15 bits per heavy atom. The number of fused-ring (bicyclic) bond motifs is 1. The lowest BCUT2D eigenvalue weighted by molar-refractivity contribution is -0.274. The fraction of sp³-hybridized carbons (Fsp3) is 0.286. The van der Waals surface area contributed by atoms with Crippen molar-refractivity contribution in [2.45, 2.75) is 51.6 Å². The second-order valence-electron chi connectivity index (χ2n) is 9.44. The summed E-state index contributed by atoms with van der Waals surface area (Å²) in [4.78, 5) is 20.3. The maximum Gasteiger partial charge on any atom is 0.573 e. The number of nitriles is 1. The number of anilines is 1. The molecule has 1 aliphatic rings. The fourth-order valence-electron chi connectivity index (χ4n) is 4.55. The van der Waals surface area contributed by atoms with Crippen LogP contribution in [0, 0.1) is 11.3 Å². The molecular weight excluding hydrogens is 527 g/mol. The van der Waals surface area contributed by atoms with E-state index in [-0.39, 0.29) is 17.7 Å². The molecule has 1 amide bonds. The first-order valence-electron chi connectivity index (χ1n) is 12.5. The molecule has 1 aliphatic carbocycles. The van der Waals surface area contributed by atoms with Gasteiger partial charge in [0.25, 0.3) is 0 Å². The zero-order valence-electron chi connectivity index (χ0n) is 21.5. The third-order valence-electron chi connectivity index (χ3n) is 6.34. The molecule has 206 valence electrons. The average Bonchev–Trinajstić information content (AvgIpc) is 3.16. The van der Waals surface area contributed by atoms with Crippen LogP contribution in [0.3, 0.4) is 0 Å². The number of alkyl halides is 3. The van der Waals surface area contributed by atoms with E-state index in [0.717, 1.165) is 25.3 Å². The van der Waals surface area contributed by atoms with Gasteiger partial charge in [-0.15, -0.1) is 13.2 Å². The van der Waals surface area contributed by atoms with Crippen molar-refractivity contribution in [2.75, 3.05) is 5.32 Å². The maximum absolute atomic E-state index is 13.4. The van der Waals surface area contributed by atoms with Crippen LogP contribution in [0.4, 0.5) is 23.7 Å². The van der Waals surface area contributed by atoms with Crippen LogP contribution in [-0.2, 0) is 4.74 Å². The standard InChI is InChI=1S/C28H24F3N5O4/c1-16(2)38-27(37)35-22-10-7-17(13-24(22)40-28(29,30)31)25-21(15-32)20-9-8-19(39-26-33-11-4-12-34-26)14-23(20)36(25)18-5-3-6-18/h4,7-14,16,18H,3,5-6H2,1-2H3,(H,35,37). The Morgan fingerprint density at radius 3 is 2.52 bits per heavy atom. The smallest absolute Gasteiger partial charge is 0.447 e. The number of halogens is 3. The summed E-state index contributed by atoms with van der Waals surface area (Å²) in [6.45, 7) is 3.23. The van der Waals surface area contributed by atoms with Crippen molar-refractivity contribution in [3.05, 3.63) is 60.4 Å². The van der Waals surface area contributed by atoms with Crippen LogP contribution < -0.4 is 14.8 Å². The molecular formula is C28H24F3N5O4. The van der Waals surface area contributed by atoms with Gasteiger partial charge in [-0.3, -0.25) is 5.32 Å². The van der Waals surface area contributed by atoms with Crippen LogP contribution in [0.5, 0.6) is 17.5 Å². The molecule has 0 unspecified atom stereocenters. The van der Waals surface area contributed by atoms with Crippen molar-refractivity contribution in [2.24, 2.45) is 0 Å². The molecule has 12 heteroatoms. The Bertz CT molecular complexity index is 1590. The van der Waals surface area contributed by atoms with Gasteiger partial charge in [0.15, 0.2) is 5.75 Å². The van der Waals surface area contributed by atoms with Crippen molar-refractivity contribution in [1.29, 1.82) is 5.26 Å². The summed E-state index contributed by atoms with van der Waals surface area (Å²) in [7, 11) is 0. The van der Waals surface area contributed by atoms with Gasteiger partial charge in [-0.05, 0) is 63.4 Å². The summed E-state index contributed by atoms with van der Waals surface area (Å²) in [6, 6.07) is 13.2. The van der Waals surface area contributed by atoms with Crippen LogP contribution in [0.1, 0.15) is 44.7 Å². The molecule has 1 saturated carbocycles. The third kappa shape index (κ3) is 5.63. The minimum absolute atomic E-state index is 0.0219. The molecule has 0 bridgehead atoms. The number of carbonyl (C=O) groups is 1. The van der Waals surface area contributed by atoms with Crippen molar-refractivity contribution in [1.82, 2.24) is 14.5 Å². The summed E-state index contributed by atoms with van der Waals surface area (Å²) in [5.74, 6) is -0.192. The molecule has 0 radical (unpaired) electrons. The number of hydrogen-bond donors (Lipinski definition) is 1. The summed E-state index contributed by atoms with van der Waals surface area (Å²) < 4.78 is 57.1. The van der Waals surface area contributed by atoms with Gasteiger partial charge in [0, 0.05) is 35.5 Å². The van der Waals surface area contributed by atoms with Crippen LogP contribution in [-0.4, -0.2) is 33.1 Å². The Hall–Kier alpha value is -4.79. The number of benzene rings is 2. The van der Waals surface area contributed by atoms with Crippen molar-refractivity contribution in [3.8, 4) is 34.8 Å². The molecule has 5 rings (SSSR count). The van der Waals surface area contributed by atoms with Gasteiger partial charge in [-0.25, -0.2) is 14.8 Å². The molecule has 0 saturated heterocycles. The normalized spacial score (nSPS) is 13.5. The number of ether oxygens (including phenoxy) is 3. The molecule has 2 aromatic carbocycles. The van der Waals surface area contributed by atoms with Gasteiger partial charge in [0.05, 0.1) is 28.6 Å². The fourth-order valence-corrected chi connectivity index (χ4v) is 4.55. The lowest BCUT2D eigenvalue weighted by atomic mass is 9.92. The van der Waals surface area contributed by atoms with E-state index in [1.807, 2.05) is 4.57 Å². The van der Waals surface area contributed by atoms with E-state index in [2.05, 4.69) is 26.1 Å². The topological polar surface area (TPSA) is 111 Å². The molecule has 1 N–H and O–H groups in total. The highest BCUT2D eigenvalue weighted by atomic mass is 19.4. The highest BCUT2D eigenvalue weighted by molar-refractivity contribution is 5.96. The van der Waals surface area contributed by atoms with Crippen molar-refractivity contribution >= 4 is 22.7 Å². The average molecular weight is 552 g/mol. The molecule has 0 aliphatic heterocycles. The first kappa shape index (κ1) is 26.8. The zero-order valence-corrected chi connectivity index (χ0v) is 21.5. The number of rotatable bonds is 7. The molecule has 0 atom stereocenters. The summed E-state index contributed by atoms with van der Waals surface area (Å²) in [6.07, 6.45) is -0.695. The van der Waals surface area contributed by atoms with Gasteiger partial charge in [0.1, 0.15) is 11.8 Å². The number of amides is 1. The van der Waals surface area contributed by atoms with Crippen LogP contribution >= 0.6 is 0 Å². The second-order valence-corrected chi connectivity index (χ2v) is 9.44. The molecule has 2 aromatic heterocycles. The second kappa shape index (κ2) is 10.8. The van der Waals surface area contributed by atoms with Gasteiger partial charge in [0.2, 0.25) is 0 Å². The van der Waals surface area contributed by atoms with E-state index >= 15 is 0 Å². The van der Waals surface area contributed by atoms with E-state index in [1.54, 1.807) is 50.5 Å². The van der Waals surface area contributed by atoms with Gasteiger partial charge >= 0.3 is 18.5 Å². The molecule has 1 fully saturated rings. The highest BCUT2D eigenvalue weighted by Gasteiger charge is 2.34. The van der Waals surface area contributed by atoms with Crippen LogP contribution in [0.25, 0.3) is 22.2 Å². The molecule has 2 heterocycles. The Kier molecular flexibility index (Phi) is 7.21. The lowest BCUT2D eigenvalue weighted by Crippen LogP contribution is -2.21. The molecule has 0 spiro atoms. The van der Waals surface area contributed by atoms with Gasteiger partial charge < -0.3 is 18.8 Å². The lowest BCUT2D eigenvalue weighted by Gasteiger charge is -2.30. The molecule has 4 aromatic rings. The Morgan fingerprint density at radius 2 is 1.90 bits per heavy atom. The predicted molar refractivity (Wildman–Crippen MR) is 139 cm³/mol. The van der Waals surface area contributed by atoms with E-state index in [1.165, 1.54) is 12.1 Å². The van der Waals surface area contributed by atoms with Crippen LogP contribution in [0.15, 0.2) is 54.9 Å². The maximum atomic E-state index is 13.4. The number of aromatic nitrogens is 3. The number of hydrogen-bond acceptors (Lipinski definition) is 7. The van der Waals surface area contributed by atoms with Crippen molar-refractivity contribution < 1.29 is 32.2 Å². The number of nitrogens with zero attached hydrogens (tertiary/aromatic N) is 4. The van der Waals surface area contributed by atoms with E-state index in [4.69, 9.17) is 9.47 Å². The Balaban J connectivity index is 1.64. The SMILES string of the molecule is CC(C)OC(=O)Nc1ccc(-c2c(C#N)c3ccc(Oc4ncccn4)cc3n2C2CCC2)cc1OC(F)(F)F. The largest absolute Gasteiger partial charge is 0.573 e. The van der Waals surface area contributed by atoms with Gasteiger partial charge in [-0.1, -0.05) is 6.07 Å². The summed E-state index contributed by atoms with van der Waals surface area (Å²) in [5.41, 5.74) is 1.51. The zero-order chi connectivity index (χ0) is 28.4. The monoisotopic (exact) mass is 551 g/mol. The molecule has 9 nitrogen and oxygen atoms in total. The molecule has 40 heavy (non-hydrogen) atoms. The minimum Gasteiger partial charge on any atom is -0.447 e. The summed E-state index contributed by atoms with van der Waals surface area (Å²) in [5, 5.41) is 13.1. The number of nitrogens with one attached hydrogen (secondary N) is 1.